The number of hydrogen-bond donors (Lipinski definition) is 1. The lowest BCUT2D eigenvalue weighted by Crippen LogP contribution is -2.54. The number of aliphatic hydroxyl groups is 1. The van der Waals surface area contributed by atoms with Gasteiger partial charge in [-0.1, -0.05) is 77.7 Å². The molecule has 1 N–H and O–H groups in total. The van der Waals surface area contributed by atoms with Crippen molar-refractivity contribution >= 4 is 0 Å². The maximum Gasteiger partial charge on any atom is 0.0583 e. The SMILES string of the molecule is C=C(C)C1C[C@H](O)CC2=CC[C@H]3[C@@H]4CC[C@H]([C@H](C)CCCC(C)C)[C@@]4(C)CC[C@@H]3[C@]21C. The fourth-order valence-corrected chi connectivity index (χ4v) is 9.47. The third kappa shape index (κ3) is 3.89. The molecule has 4 aliphatic carbocycles. The summed E-state index contributed by atoms with van der Waals surface area (Å²) in [6, 6.07) is 0. The molecular formula is C30H50O. The third-order valence-electron chi connectivity index (χ3n) is 11.0. The van der Waals surface area contributed by atoms with Gasteiger partial charge in [0.25, 0.3) is 0 Å². The maximum atomic E-state index is 10.6. The maximum absolute atomic E-state index is 10.6. The van der Waals surface area contributed by atoms with Gasteiger partial charge in [-0.3, -0.25) is 0 Å². The summed E-state index contributed by atoms with van der Waals surface area (Å²) in [5.41, 5.74) is 3.65. The third-order valence-corrected chi connectivity index (χ3v) is 11.0. The molecule has 1 heteroatoms. The standard InChI is InChI=1S/C30H50O/c1-19(2)9-8-10-21(5)25-13-14-26-24-12-11-22-17-23(31)18-28(20(3)4)30(22,7)27(24)15-16-29(25,26)6/h11,19,21,23-28,31H,3,8-10,12-18H2,1-2,4-7H3/t21-,23-,24+,25-,26+,27+,28?,29-,30+/m1/s1. The molecule has 9 atom stereocenters. The average Bonchev–Trinajstić information content (AvgIpc) is 3.04. The van der Waals surface area contributed by atoms with E-state index in [2.05, 4.69) is 54.2 Å². The summed E-state index contributed by atoms with van der Waals surface area (Å²) in [4.78, 5) is 0. The second kappa shape index (κ2) is 8.66. The zero-order chi connectivity index (χ0) is 22.6. The van der Waals surface area contributed by atoms with Crippen molar-refractivity contribution in [3.63, 3.8) is 0 Å². The first-order valence-corrected chi connectivity index (χ1v) is 13.6. The highest BCUT2D eigenvalue weighted by atomic mass is 16.3. The molecule has 0 radical (unpaired) electrons. The second-order valence-electron chi connectivity index (χ2n) is 13.1. The Hall–Kier alpha value is -0.560. The number of aliphatic hydroxyl groups excluding tert-OH is 1. The molecule has 4 rings (SSSR count). The van der Waals surface area contributed by atoms with E-state index < -0.39 is 0 Å². The normalized spacial score (nSPS) is 45.5. The lowest BCUT2D eigenvalue weighted by molar-refractivity contribution is -0.0724. The number of allylic oxidation sites excluding steroid dienone is 2. The average molecular weight is 427 g/mol. The molecule has 0 amide bonds. The van der Waals surface area contributed by atoms with Gasteiger partial charge < -0.3 is 5.11 Å². The molecule has 0 aromatic carbocycles. The van der Waals surface area contributed by atoms with Gasteiger partial charge >= 0.3 is 0 Å². The van der Waals surface area contributed by atoms with Crippen LogP contribution in [0.3, 0.4) is 0 Å². The molecule has 0 aromatic rings. The smallest absolute Gasteiger partial charge is 0.0583 e. The monoisotopic (exact) mass is 426 g/mol. The fourth-order valence-electron chi connectivity index (χ4n) is 9.47. The Kier molecular flexibility index (Phi) is 6.59. The molecule has 1 unspecified atom stereocenters. The Morgan fingerprint density at radius 3 is 2.55 bits per heavy atom. The molecule has 0 saturated heterocycles. The molecule has 176 valence electrons. The summed E-state index contributed by atoms with van der Waals surface area (Å²) in [6.45, 7) is 19.2. The minimum Gasteiger partial charge on any atom is -0.393 e. The van der Waals surface area contributed by atoms with Crippen LogP contribution in [0.4, 0.5) is 0 Å². The van der Waals surface area contributed by atoms with Crippen molar-refractivity contribution in [2.24, 2.45) is 52.3 Å². The van der Waals surface area contributed by atoms with E-state index in [1.54, 1.807) is 5.57 Å². The lowest BCUT2D eigenvalue weighted by Gasteiger charge is -2.61. The Morgan fingerprint density at radius 2 is 1.87 bits per heavy atom. The van der Waals surface area contributed by atoms with Crippen LogP contribution in [0, 0.1) is 52.3 Å². The highest BCUT2D eigenvalue weighted by Gasteiger charge is 2.60. The molecule has 0 aromatic heterocycles. The zero-order valence-corrected chi connectivity index (χ0v) is 21.4. The van der Waals surface area contributed by atoms with Crippen molar-refractivity contribution in [3.05, 3.63) is 23.8 Å². The van der Waals surface area contributed by atoms with Crippen molar-refractivity contribution in [1.29, 1.82) is 0 Å². The van der Waals surface area contributed by atoms with Crippen molar-refractivity contribution in [1.82, 2.24) is 0 Å². The van der Waals surface area contributed by atoms with E-state index in [1.807, 2.05) is 0 Å². The first-order chi connectivity index (χ1) is 14.6. The van der Waals surface area contributed by atoms with Crippen LogP contribution in [0.15, 0.2) is 23.8 Å². The van der Waals surface area contributed by atoms with Crippen molar-refractivity contribution < 1.29 is 5.11 Å². The molecule has 0 aliphatic heterocycles. The van der Waals surface area contributed by atoms with Gasteiger partial charge in [0.1, 0.15) is 0 Å². The van der Waals surface area contributed by atoms with E-state index in [9.17, 15) is 5.11 Å². The molecule has 4 aliphatic rings. The minimum atomic E-state index is -0.172. The Morgan fingerprint density at radius 1 is 1.13 bits per heavy atom. The predicted octanol–water partition coefficient (Wildman–Crippen LogP) is 8.19. The van der Waals surface area contributed by atoms with Crippen molar-refractivity contribution in [3.8, 4) is 0 Å². The summed E-state index contributed by atoms with van der Waals surface area (Å²) >= 11 is 0. The first-order valence-electron chi connectivity index (χ1n) is 13.6. The molecule has 0 bridgehead atoms. The molecule has 0 spiro atoms. The minimum absolute atomic E-state index is 0.172. The summed E-state index contributed by atoms with van der Waals surface area (Å²) < 4.78 is 0. The first kappa shape index (κ1) is 23.6. The molecular weight excluding hydrogens is 376 g/mol. The Balaban J connectivity index is 1.56. The van der Waals surface area contributed by atoms with Gasteiger partial charge in [-0.2, -0.15) is 0 Å². The summed E-state index contributed by atoms with van der Waals surface area (Å²) in [7, 11) is 0. The van der Waals surface area contributed by atoms with Crippen LogP contribution in [0.2, 0.25) is 0 Å². The van der Waals surface area contributed by atoms with Crippen LogP contribution >= 0.6 is 0 Å². The van der Waals surface area contributed by atoms with Crippen LogP contribution in [0.5, 0.6) is 0 Å². The van der Waals surface area contributed by atoms with Gasteiger partial charge in [-0.05, 0) is 104 Å². The summed E-state index contributed by atoms with van der Waals surface area (Å²) in [6.07, 6.45) is 15.5. The zero-order valence-electron chi connectivity index (χ0n) is 21.4. The van der Waals surface area contributed by atoms with Gasteiger partial charge in [0, 0.05) is 0 Å². The van der Waals surface area contributed by atoms with E-state index in [-0.39, 0.29) is 11.5 Å². The molecule has 3 saturated carbocycles. The quantitative estimate of drug-likeness (QED) is 0.424. The Labute approximate surface area is 193 Å². The Bertz CT molecular complexity index is 703. The fraction of sp³-hybridized carbons (Fsp3) is 0.867. The number of fused-ring (bicyclic) bond motifs is 5. The van der Waals surface area contributed by atoms with Crippen LogP contribution in [0.1, 0.15) is 106 Å². The molecule has 1 nitrogen and oxygen atoms in total. The van der Waals surface area contributed by atoms with Gasteiger partial charge in [0.05, 0.1) is 6.10 Å². The lowest BCUT2D eigenvalue weighted by atomic mass is 9.44. The van der Waals surface area contributed by atoms with Gasteiger partial charge in [-0.25, -0.2) is 0 Å². The van der Waals surface area contributed by atoms with Crippen LogP contribution in [-0.2, 0) is 0 Å². The molecule has 31 heavy (non-hydrogen) atoms. The van der Waals surface area contributed by atoms with Crippen LogP contribution < -0.4 is 0 Å². The van der Waals surface area contributed by atoms with E-state index in [0.717, 1.165) is 48.3 Å². The van der Waals surface area contributed by atoms with Gasteiger partial charge in [0.2, 0.25) is 0 Å². The topological polar surface area (TPSA) is 20.2 Å². The predicted molar refractivity (Wildman–Crippen MR) is 133 cm³/mol. The molecule has 0 heterocycles. The van der Waals surface area contributed by atoms with Crippen molar-refractivity contribution in [2.75, 3.05) is 0 Å². The van der Waals surface area contributed by atoms with Crippen LogP contribution in [-0.4, -0.2) is 11.2 Å². The van der Waals surface area contributed by atoms with Gasteiger partial charge in [0.15, 0.2) is 0 Å². The molecule has 3 fully saturated rings. The largest absolute Gasteiger partial charge is 0.393 e. The van der Waals surface area contributed by atoms with Crippen LogP contribution in [0.25, 0.3) is 0 Å². The summed E-state index contributed by atoms with van der Waals surface area (Å²) in [5, 5.41) is 10.6. The van der Waals surface area contributed by atoms with E-state index in [4.69, 9.17) is 0 Å². The highest BCUT2D eigenvalue weighted by molar-refractivity contribution is 5.30. The second-order valence-corrected chi connectivity index (χ2v) is 13.1. The highest BCUT2D eigenvalue weighted by Crippen LogP contribution is 2.68. The van der Waals surface area contributed by atoms with Gasteiger partial charge in [-0.15, -0.1) is 0 Å². The number of hydrogen-bond acceptors (Lipinski definition) is 1. The number of rotatable bonds is 6. The van der Waals surface area contributed by atoms with Crippen molar-refractivity contribution in [2.45, 2.75) is 112 Å². The van der Waals surface area contributed by atoms with E-state index >= 15 is 0 Å². The van der Waals surface area contributed by atoms with E-state index in [1.165, 1.54) is 56.9 Å². The summed E-state index contributed by atoms with van der Waals surface area (Å²) in [5.74, 6) is 5.63. The van der Waals surface area contributed by atoms with E-state index in [0.29, 0.717) is 11.3 Å².